The van der Waals surface area contributed by atoms with Crippen molar-refractivity contribution in [1.29, 1.82) is 0 Å². The van der Waals surface area contributed by atoms with Gasteiger partial charge in [0.2, 0.25) is 0 Å². The summed E-state index contributed by atoms with van der Waals surface area (Å²) in [5, 5.41) is 3.77. The van der Waals surface area contributed by atoms with E-state index in [-0.39, 0.29) is 5.54 Å². The van der Waals surface area contributed by atoms with Crippen LogP contribution in [0.3, 0.4) is 0 Å². The zero-order valence-electron chi connectivity index (χ0n) is 13.5. The van der Waals surface area contributed by atoms with Crippen molar-refractivity contribution in [2.75, 3.05) is 13.1 Å². The van der Waals surface area contributed by atoms with Crippen LogP contribution in [0.4, 0.5) is 0 Å². The largest absolute Gasteiger partial charge is 0.311 e. The van der Waals surface area contributed by atoms with E-state index in [0.29, 0.717) is 6.04 Å². The maximum absolute atomic E-state index is 4.57. The molecule has 3 nitrogen and oxygen atoms in total. The molecular formula is C17H28BrN3. The molecule has 1 saturated heterocycles. The average molecular weight is 354 g/mol. The normalized spacial score (nSPS) is 22.4. The Bertz CT molecular complexity index is 428. The zero-order chi connectivity index (χ0) is 15.3. The van der Waals surface area contributed by atoms with E-state index in [1.54, 1.807) is 0 Å². The fourth-order valence-electron chi connectivity index (χ4n) is 3.39. The van der Waals surface area contributed by atoms with Gasteiger partial charge < -0.3 is 5.32 Å². The predicted molar refractivity (Wildman–Crippen MR) is 92.4 cm³/mol. The number of pyridine rings is 1. The zero-order valence-corrected chi connectivity index (χ0v) is 15.1. The highest BCUT2D eigenvalue weighted by Crippen LogP contribution is 2.29. The van der Waals surface area contributed by atoms with E-state index in [0.717, 1.165) is 24.1 Å². The number of halogens is 1. The molecule has 118 valence electrons. The van der Waals surface area contributed by atoms with E-state index in [2.05, 4.69) is 64.0 Å². The molecule has 21 heavy (non-hydrogen) atoms. The molecule has 1 aliphatic rings. The highest BCUT2D eigenvalue weighted by atomic mass is 79.9. The highest BCUT2D eigenvalue weighted by molar-refractivity contribution is 9.10. The molecule has 1 atom stereocenters. The molecule has 0 aliphatic carbocycles. The van der Waals surface area contributed by atoms with Gasteiger partial charge in [-0.3, -0.25) is 9.88 Å². The number of piperazine rings is 1. The second-order valence-corrected chi connectivity index (χ2v) is 7.06. The lowest BCUT2D eigenvalue weighted by Crippen LogP contribution is -2.63. The Kier molecular flexibility index (Phi) is 6.20. The quantitative estimate of drug-likeness (QED) is 0.838. The van der Waals surface area contributed by atoms with E-state index in [9.17, 15) is 0 Å². The first-order chi connectivity index (χ1) is 10.1. The Morgan fingerprint density at radius 2 is 2.10 bits per heavy atom. The first-order valence-electron chi connectivity index (χ1n) is 8.22. The third-order valence-corrected chi connectivity index (χ3v) is 5.40. The SMILES string of the molecule is CCCC1CN(Cc2ccc(Br)cn2)C(CC)(CC)CN1. The van der Waals surface area contributed by atoms with Crippen LogP contribution in [0.25, 0.3) is 0 Å². The minimum Gasteiger partial charge on any atom is -0.311 e. The maximum atomic E-state index is 4.57. The lowest BCUT2D eigenvalue weighted by molar-refractivity contribution is 0.0218. The van der Waals surface area contributed by atoms with Gasteiger partial charge >= 0.3 is 0 Å². The lowest BCUT2D eigenvalue weighted by atomic mass is 9.86. The van der Waals surface area contributed by atoms with Gasteiger partial charge in [0.15, 0.2) is 0 Å². The van der Waals surface area contributed by atoms with Gasteiger partial charge in [0.25, 0.3) is 0 Å². The lowest BCUT2D eigenvalue weighted by Gasteiger charge is -2.49. The monoisotopic (exact) mass is 353 g/mol. The Labute approximate surface area is 137 Å². The van der Waals surface area contributed by atoms with Crippen LogP contribution < -0.4 is 5.32 Å². The van der Waals surface area contributed by atoms with E-state index < -0.39 is 0 Å². The van der Waals surface area contributed by atoms with Crippen molar-refractivity contribution >= 4 is 15.9 Å². The number of hydrogen-bond donors (Lipinski definition) is 1. The van der Waals surface area contributed by atoms with E-state index in [1.807, 2.05) is 6.20 Å². The molecule has 0 radical (unpaired) electrons. The van der Waals surface area contributed by atoms with E-state index >= 15 is 0 Å². The Hall–Kier alpha value is -0.450. The van der Waals surface area contributed by atoms with Crippen molar-refractivity contribution in [3.05, 3.63) is 28.5 Å². The Morgan fingerprint density at radius 3 is 2.67 bits per heavy atom. The molecule has 0 aromatic carbocycles. The topological polar surface area (TPSA) is 28.2 Å². The molecule has 0 bridgehead atoms. The van der Waals surface area contributed by atoms with Crippen LogP contribution in [0, 0.1) is 0 Å². The van der Waals surface area contributed by atoms with Gasteiger partial charge in [-0.2, -0.15) is 0 Å². The summed E-state index contributed by atoms with van der Waals surface area (Å²) in [6, 6.07) is 4.85. The second-order valence-electron chi connectivity index (χ2n) is 6.15. The average Bonchev–Trinajstić information content (AvgIpc) is 2.51. The van der Waals surface area contributed by atoms with Crippen LogP contribution >= 0.6 is 15.9 Å². The summed E-state index contributed by atoms with van der Waals surface area (Å²) in [7, 11) is 0. The van der Waals surface area contributed by atoms with Crippen LogP contribution in [-0.2, 0) is 6.54 Å². The molecule has 1 aromatic rings. The van der Waals surface area contributed by atoms with E-state index in [4.69, 9.17) is 0 Å². The molecule has 1 aliphatic heterocycles. The summed E-state index contributed by atoms with van der Waals surface area (Å²) in [5.74, 6) is 0. The van der Waals surface area contributed by atoms with Gasteiger partial charge in [-0.1, -0.05) is 27.2 Å². The van der Waals surface area contributed by atoms with Gasteiger partial charge in [-0.05, 0) is 47.3 Å². The number of nitrogens with one attached hydrogen (secondary N) is 1. The number of aromatic nitrogens is 1. The van der Waals surface area contributed by atoms with Crippen LogP contribution in [-0.4, -0.2) is 34.6 Å². The standard InChI is InChI=1S/C17H28BrN3/c1-4-7-15-11-21(17(5-2,6-3)13-20-15)12-16-9-8-14(18)10-19-16/h8-10,15,20H,4-7,11-13H2,1-3H3. The fraction of sp³-hybridized carbons (Fsp3) is 0.706. The summed E-state index contributed by atoms with van der Waals surface area (Å²) in [4.78, 5) is 7.24. The molecule has 1 unspecified atom stereocenters. The molecule has 4 heteroatoms. The van der Waals surface area contributed by atoms with E-state index in [1.165, 1.54) is 31.4 Å². The Balaban J connectivity index is 2.14. The van der Waals surface area contributed by atoms with Gasteiger partial charge in [0.05, 0.1) is 5.69 Å². The third-order valence-electron chi connectivity index (χ3n) is 4.93. The van der Waals surface area contributed by atoms with Crippen molar-refractivity contribution in [3.63, 3.8) is 0 Å². The molecule has 1 N–H and O–H groups in total. The summed E-state index contributed by atoms with van der Waals surface area (Å²) in [5.41, 5.74) is 1.44. The molecule has 0 spiro atoms. The molecule has 0 saturated carbocycles. The first-order valence-corrected chi connectivity index (χ1v) is 9.01. The summed E-state index contributed by atoms with van der Waals surface area (Å²) in [6.07, 6.45) is 6.78. The molecule has 1 fully saturated rings. The molecule has 2 heterocycles. The van der Waals surface area contributed by atoms with Gasteiger partial charge in [-0.15, -0.1) is 0 Å². The predicted octanol–water partition coefficient (Wildman–Crippen LogP) is 3.98. The van der Waals surface area contributed by atoms with Crippen LogP contribution in [0.2, 0.25) is 0 Å². The molecule has 2 rings (SSSR count). The minimum atomic E-state index is 0.277. The highest BCUT2D eigenvalue weighted by Gasteiger charge is 2.38. The second kappa shape index (κ2) is 7.70. The van der Waals surface area contributed by atoms with Crippen molar-refractivity contribution in [3.8, 4) is 0 Å². The maximum Gasteiger partial charge on any atom is 0.0545 e. The van der Waals surface area contributed by atoms with Crippen molar-refractivity contribution in [2.24, 2.45) is 0 Å². The summed E-state index contributed by atoms with van der Waals surface area (Å²) in [6.45, 7) is 10.1. The van der Waals surface area contributed by atoms with Crippen molar-refractivity contribution < 1.29 is 0 Å². The summed E-state index contributed by atoms with van der Waals surface area (Å²) >= 11 is 3.46. The number of nitrogens with zero attached hydrogens (tertiary/aromatic N) is 2. The summed E-state index contributed by atoms with van der Waals surface area (Å²) < 4.78 is 1.05. The van der Waals surface area contributed by atoms with Crippen LogP contribution in [0.15, 0.2) is 22.8 Å². The molecular weight excluding hydrogens is 326 g/mol. The first kappa shape index (κ1) is 16.9. The smallest absolute Gasteiger partial charge is 0.0545 e. The minimum absolute atomic E-state index is 0.277. The van der Waals surface area contributed by atoms with Gasteiger partial charge in [0, 0.05) is 41.9 Å². The molecule has 0 amide bonds. The fourth-order valence-corrected chi connectivity index (χ4v) is 3.62. The van der Waals surface area contributed by atoms with Crippen molar-refractivity contribution in [2.45, 2.75) is 64.6 Å². The van der Waals surface area contributed by atoms with Crippen LogP contribution in [0.5, 0.6) is 0 Å². The number of rotatable bonds is 6. The Morgan fingerprint density at radius 1 is 1.33 bits per heavy atom. The van der Waals surface area contributed by atoms with Crippen molar-refractivity contribution in [1.82, 2.24) is 15.2 Å². The van der Waals surface area contributed by atoms with Crippen LogP contribution in [0.1, 0.15) is 52.1 Å². The molecule has 1 aromatic heterocycles. The third kappa shape index (κ3) is 4.05. The van der Waals surface area contributed by atoms with Gasteiger partial charge in [0.1, 0.15) is 0 Å². The van der Waals surface area contributed by atoms with Gasteiger partial charge in [-0.25, -0.2) is 0 Å². The number of hydrogen-bond acceptors (Lipinski definition) is 3.